The van der Waals surface area contributed by atoms with Gasteiger partial charge in [-0.2, -0.15) is 0 Å². The number of hydrogen-bond acceptors (Lipinski definition) is 1. The number of allylic oxidation sites excluding steroid dienone is 3. The van der Waals surface area contributed by atoms with Crippen LogP contribution in [-0.2, 0) is 0 Å². The summed E-state index contributed by atoms with van der Waals surface area (Å²) in [5.74, 6) is 6.77. The van der Waals surface area contributed by atoms with Crippen LogP contribution in [0.1, 0.15) is 48.5 Å². The van der Waals surface area contributed by atoms with Gasteiger partial charge in [-0.1, -0.05) is 59.5 Å². The molecule has 1 atom stereocenters. The van der Waals surface area contributed by atoms with Crippen LogP contribution in [0.2, 0.25) is 0 Å². The summed E-state index contributed by atoms with van der Waals surface area (Å²) in [5.41, 5.74) is 0.741. The summed E-state index contributed by atoms with van der Waals surface area (Å²) in [7, 11) is 0. The lowest BCUT2D eigenvalue weighted by Gasteiger charge is -2.24. The first-order chi connectivity index (χ1) is 7.50. The van der Waals surface area contributed by atoms with E-state index in [2.05, 4.69) is 60.0 Å². The fraction of sp³-hybridized carbons (Fsp3) is 0.625. The summed E-state index contributed by atoms with van der Waals surface area (Å²) < 4.78 is 0. The van der Waals surface area contributed by atoms with Crippen molar-refractivity contribution >= 4 is 0 Å². The molecule has 0 bridgehead atoms. The summed E-state index contributed by atoms with van der Waals surface area (Å²) >= 11 is 0. The molecule has 0 aromatic carbocycles. The predicted molar refractivity (Wildman–Crippen MR) is 75.7 cm³/mol. The van der Waals surface area contributed by atoms with E-state index in [0.717, 1.165) is 5.57 Å². The van der Waals surface area contributed by atoms with Crippen molar-refractivity contribution in [3.8, 4) is 11.8 Å². The molecule has 0 fully saturated rings. The molecule has 17 heavy (non-hydrogen) atoms. The van der Waals surface area contributed by atoms with E-state index >= 15 is 0 Å². The van der Waals surface area contributed by atoms with Gasteiger partial charge in [-0.25, -0.2) is 0 Å². The number of hydrogen-bond donors (Lipinski definition) is 1. The zero-order valence-electron chi connectivity index (χ0n) is 12.3. The van der Waals surface area contributed by atoms with Crippen LogP contribution in [0, 0.1) is 28.6 Å². The Balaban J connectivity index is 5.32. The van der Waals surface area contributed by atoms with Crippen molar-refractivity contribution in [1.82, 2.24) is 0 Å². The molecule has 0 heterocycles. The summed E-state index contributed by atoms with van der Waals surface area (Å²) in [5, 5.41) is 9.69. The quantitative estimate of drug-likeness (QED) is 0.395. The highest BCUT2D eigenvalue weighted by molar-refractivity contribution is 5.36. The van der Waals surface area contributed by atoms with Gasteiger partial charge in [-0.3, -0.25) is 0 Å². The Morgan fingerprint density at radius 2 is 1.65 bits per heavy atom. The van der Waals surface area contributed by atoms with Crippen molar-refractivity contribution < 1.29 is 5.11 Å². The summed E-state index contributed by atoms with van der Waals surface area (Å²) in [4.78, 5) is 0. The smallest absolute Gasteiger partial charge is 0.101 e. The van der Waals surface area contributed by atoms with E-state index in [4.69, 9.17) is 0 Å². The summed E-state index contributed by atoms with van der Waals surface area (Å²) in [6.07, 6.45) is 1.87. The first kappa shape index (κ1) is 15.8. The van der Waals surface area contributed by atoms with Crippen LogP contribution in [0.25, 0.3) is 0 Å². The van der Waals surface area contributed by atoms with Crippen molar-refractivity contribution in [2.75, 3.05) is 0 Å². The molecule has 0 aliphatic carbocycles. The molecule has 96 valence electrons. The number of rotatable bonds is 1. The molecule has 0 aromatic heterocycles. The molecule has 0 aliphatic heterocycles. The highest BCUT2D eigenvalue weighted by Crippen LogP contribution is 2.29. The van der Waals surface area contributed by atoms with Crippen LogP contribution in [0.5, 0.6) is 0 Å². The fourth-order valence-electron chi connectivity index (χ4n) is 1.60. The van der Waals surface area contributed by atoms with Gasteiger partial charge in [0.2, 0.25) is 0 Å². The molecule has 0 amide bonds. The maximum Gasteiger partial charge on any atom is 0.101 e. The van der Waals surface area contributed by atoms with Gasteiger partial charge in [-0.05, 0) is 17.8 Å². The molecule has 0 spiro atoms. The molecular weight excluding hydrogens is 208 g/mol. The maximum atomic E-state index is 9.69. The molecule has 1 nitrogen and oxygen atoms in total. The molecule has 0 radical (unpaired) electrons. The second kappa shape index (κ2) is 5.45. The van der Waals surface area contributed by atoms with Crippen LogP contribution in [0.3, 0.4) is 0 Å². The second-order valence-electron chi connectivity index (χ2n) is 6.56. The largest absolute Gasteiger partial charge is 0.512 e. The van der Waals surface area contributed by atoms with Crippen LogP contribution < -0.4 is 0 Å². The number of aliphatic hydroxyl groups excluding tert-OH is 1. The molecule has 0 aliphatic rings. The molecule has 0 saturated heterocycles. The lowest BCUT2D eigenvalue weighted by molar-refractivity contribution is 0.352. The van der Waals surface area contributed by atoms with Crippen molar-refractivity contribution in [1.29, 1.82) is 0 Å². The summed E-state index contributed by atoms with van der Waals surface area (Å²) in [6.45, 7) is 18.1. The standard InChI is InChI=1S/C16H26O/c1-9-13(15(3,4)5)10-11-14(12(2)17)16(6,7)8/h9,13,17H,1H2,2-8H3/b14-12-. The zero-order chi connectivity index (χ0) is 13.9. The lowest BCUT2D eigenvalue weighted by Crippen LogP contribution is -2.17. The summed E-state index contributed by atoms with van der Waals surface area (Å²) in [6, 6.07) is 0. The van der Waals surface area contributed by atoms with Gasteiger partial charge in [0, 0.05) is 11.5 Å². The Hall–Kier alpha value is -1.16. The third-order valence-electron chi connectivity index (χ3n) is 2.63. The van der Waals surface area contributed by atoms with Gasteiger partial charge in [0.25, 0.3) is 0 Å². The van der Waals surface area contributed by atoms with Crippen LogP contribution in [0.4, 0.5) is 0 Å². The third-order valence-corrected chi connectivity index (χ3v) is 2.63. The normalized spacial score (nSPS) is 15.5. The van der Waals surface area contributed by atoms with Gasteiger partial charge in [-0.15, -0.1) is 6.58 Å². The van der Waals surface area contributed by atoms with E-state index in [0.29, 0.717) is 5.76 Å². The minimum absolute atomic E-state index is 0.0705. The van der Waals surface area contributed by atoms with Crippen molar-refractivity contribution in [3.63, 3.8) is 0 Å². The second-order valence-corrected chi connectivity index (χ2v) is 6.56. The minimum atomic E-state index is -0.130. The van der Waals surface area contributed by atoms with Gasteiger partial charge in [0.05, 0.1) is 0 Å². The Bertz CT molecular complexity index is 357. The highest BCUT2D eigenvalue weighted by atomic mass is 16.3. The zero-order valence-corrected chi connectivity index (χ0v) is 12.3. The lowest BCUT2D eigenvalue weighted by atomic mass is 9.80. The molecule has 1 unspecified atom stereocenters. The Morgan fingerprint density at radius 3 is 1.88 bits per heavy atom. The molecule has 1 N–H and O–H groups in total. The van der Waals surface area contributed by atoms with E-state index in [9.17, 15) is 5.11 Å². The Morgan fingerprint density at radius 1 is 1.18 bits per heavy atom. The number of aliphatic hydroxyl groups is 1. The molecular formula is C16H26O. The molecule has 0 rings (SSSR count). The van der Waals surface area contributed by atoms with Gasteiger partial charge >= 0.3 is 0 Å². The maximum absolute atomic E-state index is 9.69. The van der Waals surface area contributed by atoms with E-state index in [-0.39, 0.29) is 16.7 Å². The third kappa shape index (κ3) is 5.13. The van der Waals surface area contributed by atoms with E-state index in [1.165, 1.54) is 0 Å². The predicted octanol–water partition coefficient (Wildman–Crippen LogP) is 4.72. The van der Waals surface area contributed by atoms with Crippen LogP contribution >= 0.6 is 0 Å². The highest BCUT2D eigenvalue weighted by Gasteiger charge is 2.21. The minimum Gasteiger partial charge on any atom is -0.512 e. The van der Waals surface area contributed by atoms with E-state index < -0.39 is 0 Å². The SMILES string of the molecule is C=CC(C#C/C(=C(\C)O)C(C)(C)C)C(C)(C)C. The first-order valence-corrected chi connectivity index (χ1v) is 6.04. The Kier molecular flexibility index (Phi) is 5.08. The van der Waals surface area contributed by atoms with E-state index in [1.807, 2.05) is 6.08 Å². The monoisotopic (exact) mass is 234 g/mol. The average molecular weight is 234 g/mol. The van der Waals surface area contributed by atoms with Crippen molar-refractivity contribution in [2.45, 2.75) is 48.5 Å². The Labute approximate surface area is 107 Å². The van der Waals surface area contributed by atoms with Gasteiger partial charge < -0.3 is 5.11 Å². The molecule has 0 aromatic rings. The van der Waals surface area contributed by atoms with Gasteiger partial charge in [0.15, 0.2) is 0 Å². The fourth-order valence-corrected chi connectivity index (χ4v) is 1.60. The van der Waals surface area contributed by atoms with Crippen LogP contribution in [0.15, 0.2) is 24.0 Å². The van der Waals surface area contributed by atoms with Crippen LogP contribution in [-0.4, -0.2) is 5.11 Å². The van der Waals surface area contributed by atoms with Crippen molar-refractivity contribution in [2.24, 2.45) is 16.7 Å². The van der Waals surface area contributed by atoms with Crippen molar-refractivity contribution in [3.05, 3.63) is 24.0 Å². The average Bonchev–Trinajstić information content (AvgIpc) is 2.06. The van der Waals surface area contributed by atoms with E-state index in [1.54, 1.807) is 6.92 Å². The molecule has 1 heteroatoms. The first-order valence-electron chi connectivity index (χ1n) is 6.04. The topological polar surface area (TPSA) is 20.2 Å². The van der Waals surface area contributed by atoms with Gasteiger partial charge in [0.1, 0.15) is 5.76 Å². The molecule has 0 saturated carbocycles.